The van der Waals surface area contributed by atoms with Crippen LogP contribution in [0.5, 0.6) is 5.75 Å². The predicted octanol–water partition coefficient (Wildman–Crippen LogP) is 3.48. The Balaban J connectivity index is 1.58. The van der Waals surface area contributed by atoms with E-state index in [2.05, 4.69) is 6.07 Å². The van der Waals surface area contributed by atoms with Crippen molar-refractivity contribution in [3.05, 3.63) is 64.7 Å². The molecular weight excluding hydrogens is 368 g/mol. The van der Waals surface area contributed by atoms with Crippen LogP contribution in [0.3, 0.4) is 0 Å². The van der Waals surface area contributed by atoms with Gasteiger partial charge in [-0.15, -0.1) is 0 Å². The second-order valence-electron chi connectivity index (χ2n) is 6.97. The van der Waals surface area contributed by atoms with Gasteiger partial charge in [-0.1, -0.05) is 25.5 Å². The minimum atomic E-state index is -0.363. The first-order valence-electron chi connectivity index (χ1n) is 9.80. The standard InChI is InChI=1S/C23H24N2O4/c1-2-3-12-28-22(26)15-25-11-10-19-13-20(8-9-21(19)23(25)27)29-16-18-6-4-17(14-24)5-7-18/h4-9,13H,2-3,10-12,15-16H2,1H3. The van der Waals surface area contributed by atoms with Gasteiger partial charge in [0.25, 0.3) is 5.91 Å². The summed E-state index contributed by atoms with van der Waals surface area (Å²) in [5.41, 5.74) is 3.09. The summed E-state index contributed by atoms with van der Waals surface area (Å²) in [6.45, 7) is 3.27. The van der Waals surface area contributed by atoms with E-state index in [0.29, 0.717) is 43.1 Å². The molecule has 0 atom stereocenters. The molecule has 1 amide bonds. The van der Waals surface area contributed by atoms with Crippen molar-refractivity contribution in [1.29, 1.82) is 5.26 Å². The molecule has 150 valence electrons. The molecule has 6 nitrogen and oxygen atoms in total. The van der Waals surface area contributed by atoms with Gasteiger partial charge in [0.2, 0.25) is 0 Å². The van der Waals surface area contributed by atoms with Gasteiger partial charge < -0.3 is 14.4 Å². The molecule has 0 fully saturated rings. The highest BCUT2D eigenvalue weighted by molar-refractivity contribution is 5.98. The fourth-order valence-electron chi connectivity index (χ4n) is 3.13. The number of rotatable bonds is 8. The van der Waals surface area contributed by atoms with Crippen LogP contribution in [0.2, 0.25) is 0 Å². The Labute approximate surface area is 170 Å². The Morgan fingerprint density at radius 2 is 2.00 bits per heavy atom. The molecule has 0 saturated carbocycles. The maximum Gasteiger partial charge on any atom is 0.325 e. The Bertz CT molecular complexity index is 915. The summed E-state index contributed by atoms with van der Waals surface area (Å²) < 4.78 is 11.0. The average Bonchev–Trinajstić information content (AvgIpc) is 2.75. The second kappa shape index (κ2) is 9.74. The quantitative estimate of drug-likeness (QED) is 0.508. The zero-order chi connectivity index (χ0) is 20.6. The van der Waals surface area contributed by atoms with E-state index in [9.17, 15) is 9.59 Å². The van der Waals surface area contributed by atoms with Gasteiger partial charge in [0.05, 0.1) is 18.2 Å². The maximum absolute atomic E-state index is 12.7. The Kier molecular flexibility index (Phi) is 6.85. The number of hydrogen-bond acceptors (Lipinski definition) is 5. The van der Waals surface area contributed by atoms with Crippen LogP contribution in [0, 0.1) is 11.3 Å². The van der Waals surface area contributed by atoms with Crippen molar-refractivity contribution in [3.63, 3.8) is 0 Å². The average molecular weight is 392 g/mol. The molecule has 0 radical (unpaired) electrons. The number of ether oxygens (including phenoxy) is 2. The highest BCUT2D eigenvalue weighted by Crippen LogP contribution is 2.24. The highest BCUT2D eigenvalue weighted by Gasteiger charge is 2.26. The number of carbonyl (C=O) groups excluding carboxylic acids is 2. The number of nitriles is 1. The molecular formula is C23H24N2O4. The maximum atomic E-state index is 12.7. The summed E-state index contributed by atoms with van der Waals surface area (Å²) in [6, 6.07) is 14.7. The third-order valence-electron chi connectivity index (χ3n) is 4.81. The summed E-state index contributed by atoms with van der Waals surface area (Å²) in [4.78, 5) is 26.1. The van der Waals surface area contributed by atoms with Crippen LogP contribution < -0.4 is 4.74 Å². The van der Waals surface area contributed by atoms with Crippen molar-refractivity contribution in [2.75, 3.05) is 19.7 Å². The van der Waals surface area contributed by atoms with Gasteiger partial charge in [0.1, 0.15) is 18.9 Å². The zero-order valence-electron chi connectivity index (χ0n) is 16.5. The van der Waals surface area contributed by atoms with Crippen molar-refractivity contribution >= 4 is 11.9 Å². The van der Waals surface area contributed by atoms with Gasteiger partial charge in [0, 0.05) is 12.1 Å². The van der Waals surface area contributed by atoms with E-state index in [1.807, 2.05) is 25.1 Å². The van der Waals surface area contributed by atoms with E-state index < -0.39 is 0 Å². The van der Waals surface area contributed by atoms with Gasteiger partial charge in [0.15, 0.2) is 0 Å². The molecule has 0 N–H and O–H groups in total. The Morgan fingerprint density at radius 1 is 1.21 bits per heavy atom. The minimum Gasteiger partial charge on any atom is -0.489 e. The van der Waals surface area contributed by atoms with Crippen LogP contribution in [-0.2, 0) is 22.6 Å². The molecule has 0 aliphatic carbocycles. The number of esters is 1. The van der Waals surface area contributed by atoms with Crippen molar-refractivity contribution in [2.24, 2.45) is 0 Å². The molecule has 1 aliphatic rings. The molecule has 2 aromatic carbocycles. The normalized spacial score (nSPS) is 12.8. The second-order valence-corrected chi connectivity index (χ2v) is 6.97. The van der Waals surface area contributed by atoms with Crippen LogP contribution in [-0.4, -0.2) is 36.5 Å². The highest BCUT2D eigenvalue weighted by atomic mass is 16.5. The largest absolute Gasteiger partial charge is 0.489 e. The van der Waals surface area contributed by atoms with Crippen LogP contribution >= 0.6 is 0 Å². The monoisotopic (exact) mass is 392 g/mol. The van der Waals surface area contributed by atoms with E-state index >= 15 is 0 Å². The smallest absolute Gasteiger partial charge is 0.325 e. The SMILES string of the molecule is CCCCOC(=O)CN1CCc2cc(OCc3ccc(C#N)cc3)ccc2C1=O. The molecule has 0 aromatic heterocycles. The Hall–Kier alpha value is -3.33. The van der Waals surface area contributed by atoms with E-state index in [0.717, 1.165) is 24.0 Å². The van der Waals surface area contributed by atoms with Crippen LogP contribution in [0.1, 0.15) is 46.8 Å². The lowest BCUT2D eigenvalue weighted by Gasteiger charge is -2.28. The van der Waals surface area contributed by atoms with Gasteiger partial charge in [-0.2, -0.15) is 5.26 Å². The first kappa shape index (κ1) is 20.4. The first-order chi connectivity index (χ1) is 14.1. The van der Waals surface area contributed by atoms with E-state index in [1.165, 1.54) is 4.90 Å². The van der Waals surface area contributed by atoms with Crippen LogP contribution in [0.4, 0.5) is 0 Å². The van der Waals surface area contributed by atoms with Crippen LogP contribution in [0.25, 0.3) is 0 Å². The molecule has 1 aliphatic heterocycles. The summed E-state index contributed by atoms with van der Waals surface area (Å²) in [5, 5.41) is 8.85. The molecule has 0 unspecified atom stereocenters. The summed E-state index contributed by atoms with van der Waals surface area (Å²) in [6.07, 6.45) is 2.45. The number of fused-ring (bicyclic) bond motifs is 1. The third kappa shape index (κ3) is 5.35. The van der Waals surface area contributed by atoms with Crippen molar-refractivity contribution < 1.29 is 19.1 Å². The lowest BCUT2D eigenvalue weighted by Crippen LogP contribution is -2.41. The molecule has 1 heterocycles. The van der Waals surface area contributed by atoms with Gasteiger partial charge in [-0.25, -0.2) is 0 Å². The van der Waals surface area contributed by atoms with E-state index in [1.54, 1.807) is 24.3 Å². The molecule has 2 aromatic rings. The number of nitrogens with zero attached hydrogens (tertiary/aromatic N) is 2. The van der Waals surface area contributed by atoms with Crippen molar-refractivity contribution in [2.45, 2.75) is 32.8 Å². The molecule has 6 heteroatoms. The molecule has 29 heavy (non-hydrogen) atoms. The molecule has 3 rings (SSSR count). The summed E-state index contributed by atoms with van der Waals surface area (Å²) in [5.74, 6) is 0.170. The molecule has 0 bridgehead atoms. The fourth-order valence-corrected chi connectivity index (χ4v) is 3.13. The Morgan fingerprint density at radius 3 is 2.72 bits per heavy atom. The molecule has 0 saturated heterocycles. The van der Waals surface area contributed by atoms with E-state index in [-0.39, 0.29) is 18.4 Å². The van der Waals surface area contributed by atoms with Gasteiger partial charge in [-0.05, 0) is 54.3 Å². The predicted molar refractivity (Wildman–Crippen MR) is 107 cm³/mol. The number of carbonyl (C=O) groups is 2. The molecule has 0 spiro atoms. The topological polar surface area (TPSA) is 79.6 Å². The lowest BCUT2D eigenvalue weighted by atomic mass is 9.98. The fraction of sp³-hybridized carbons (Fsp3) is 0.348. The van der Waals surface area contributed by atoms with Crippen LogP contribution in [0.15, 0.2) is 42.5 Å². The van der Waals surface area contributed by atoms with E-state index in [4.69, 9.17) is 14.7 Å². The zero-order valence-corrected chi connectivity index (χ0v) is 16.5. The summed E-state index contributed by atoms with van der Waals surface area (Å²) >= 11 is 0. The minimum absolute atomic E-state index is 0.0149. The van der Waals surface area contributed by atoms with Gasteiger partial charge >= 0.3 is 5.97 Å². The number of unbranched alkanes of at least 4 members (excludes halogenated alkanes) is 1. The number of amides is 1. The third-order valence-corrected chi connectivity index (χ3v) is 4.81. The summed E-state index contributed by atoms with van der Waals surface area (Å²) in [7, 11) is 0. The van der Waals surface area contributed by atoms with Gasteiger partial charge in [-0.3, -0.25) is 9.59 Å². The number of hydrogen-bond donors (Lipinski definition) is 0. The van der Waals surface area contributed by atoms with Crippen molar-refractivity contribution in [3.8, 4) is 11.8 Å². The van der Waals surface area contributed by atoms with Crippen molar-refractivity contribution in [1.82, 2.24) is 4.90 Å². The lowest BCUT2D eigenvalue weighted by molar-refractivity contribution is -0.144. The first-order valence-corrected chi connectivity index (χ1v) is 9.80. The number of benzene rings is 2.